The van der Waals surface area contributed by atoms with E-state index in [0.717, 1.165) is 25.7 Å². The van der Waals surface area contributed by atoms with Crippen LogP contribution >= 0.6 is 0 Å². The lowest BCUT2D eigenvalue weighted by Crippen LogP contribution is -2.29. The maximum Gasteiger partial charge on any atom is 0.0540 e. The van der Waals surface area contributed by atoms with E-state index in [1.165, 1.54) is 68.1 Å². The average molecular weight is 457 g/mol. The monoisotopic (exact) mass is 456 g/mol. The first-order valence-corrected chi connectivity index (χ1v) is 13.6. The Kier molecular flexibility index (Phi) is 11.4. The van der Waals surface area contributed by atoms with Crippen LogP contribution in [-0.4, -0.2) is 11.2 Å². The summed E-state index contributed by atoms with van der Waals surface area (Å²) in [5, 5.41) is 10.1. The van der Waals surface area contributed by atoms with E-state index in [1.807, 2.05) is 0 Å². The van der Waals surface area contributed by atoms with Crippen molar-refractivity contribution in [1.82, 2.24) is 0 Å². The normalized spacial score (nSPS) is 12.5. The van der Waals surface area contributed by atoms with Crippen LogP contribution in [0.2, 0.25) is 0 Å². The molecule has 3 rings (SSSR count). The molecule has 1 unspecified atom stereocenters. The number of unbranched alkanes of at least 4 members (excludes halogenated alkanes) is 7. The first-order valence-electron chi connectivity index (χ1n) is 13.6. The maximum atomic E-state index is 10.1. The molecule has 0 bridgehead atoms. The van der Waals surface area contributed by atoms with Crippen molar-refractivity contribution in [1.29, 1.82) is 0 Å². The second kappa shape index (κ2) is 14.8. The van der Waals surface area contributed by atoms with Crippen LogP contribution in [0.3, 0.4) is 0 Å². The zero-order valence-electron chi connectivity index (χ0n) is 21.2. The van der Waals surface area contributed by atoms with Gasteiger partial charge in [0.25, 0.3) is 0 Å². The molecule has 0 aliphatic carbocycles. The van der Waals surface area contributed by atoms with E-state index in [2.05, 4.69) is 97.9 Å². The van der Waals surface area contributed by atoms with Crippen molar-refractivity contribution >= 4 is 0 Å². The number of hydrogen-bond acceptors (Lipinski definition) is 1. The highest BCUT2D eigenvalue weighted by atomic mass is 16.3. The fourth-order valence-corrected chi connectivity index (χ4v) is 5.35. The van der Waals surface area contributed by atoms with Gasteiger partial charge >= 0.3 is 0 Å². The zero-order chi connectivity index (χ0) is 23.9. The number of aliphatic hydroxyl groups is 1. The van der Waals surface area contributed by atoms with Crippen molar-refractivity contribution in [3.05, 3.63) is 108 Å². The highest BCUT2D eigenvalue weighted by molar-refractivity contribution is 5.50. The van der Waals surface area contributed by atoms with Gasteiger partial charge in [0.15, 0.2) is 0 Å². The minimum Gasteiger partial charge on any atom is -0.393 e. The molecule has 182 valence electrons. The molecular formula is C33H44O. The Morgan fingerprint density at radius 2 is 0.912 bits per heavy atom. The molecule has 1 heteroatoms. The quantitative estimate of drug-likeness (QED) is 0.168. The number of benzene rings is 3. The SMILES string of the molecule is CCCCCC(O)CCCCCCCCC(c1ccccc1)(c1ccccc1)c1ccccc1. The van der Waals surface area contributed by atoms with Gasteiger partial charge in [-0.25, -0.2) is 0 Å². The summed E-state index contributed by atoms with van der Waals surface area (Å²) in [6.45, 7) is 2.22. The lowest BCUT2D eigenvalue weighted by molar-refractivity contribution is 0.147. The van der Waals surface area contributed by atoms with E-state index in [0.29, 0.717) is 0 Å². The topological polar surface area (TPSA) is 20.2 Å². The predicted octanol–water partition coefficient (Wildman–Crippen LogP) is 9.08. The molecule has 0 aliphatic rings. The van der Waals surface area contributed by atoms with Gasteiger partial charge in [-0.3, -0.25) is 0 Å². The van der Waals surface area contributed by atoms with Gasteiger partial charge in [-0.1, -0.05) is 156 Å². The summed E-state index contributed by atoms with van der Waals surface area (Å²) in [7, 11) is 0. The van der Waals surface area contributed by atoms with Crippen LogP contribution in [0.25, 0.3) is 0 Å². The molecular weight excluding hydrogens is 412 g/mol. The summed E-state index contributed by atoms with van der Waals surface area (Å²) in [5.74, 6) is 0. The predicted molar refractivity (Wildman–Crippen MR) is 146 cm³/mol. The van der Waals surface area contributed by atoms with Crippen LogP contribution in [0, 0.1) is 0 Å². The van der Waals surface area contributed by atoms with Crippen molar-refractivity contribution in [2.75, 3.05) is 0 Å². The van der Waals surface area contributed by atoms with E-state index < -0.39 is 0 Å². The first-order chi connectivity index (χ1) is 16.8. The fourth-order valence-electron chi connectivity index (χ4n) is 5.35. The largest absolute Gasteiger partial charge is 0.393 e. The zero-order valence-corrected chi connectivity index (χ0v) is 21.2. The van der Waals surface area contributed by atoms with Crippen molar-refractivity contribution in [3.8, 4) is 0 Å². The van der Waals surface area contributed by atoms with E-state index in [4.69, 9.17) is 0 Å². The summed E-state index contributed by atoms with van der Waals surface area (Å²) in [5.41, 5.74) is 4.02. The number of hydrogen-bond donors (Lipinski definition) is 1. The molecule has 3 aromatic carbocycles. The molecule has 0 amide bonds. The Balaban J connectivity index is 1.59. The molecule has 0 fully saturated rings. The second-order valence-corrected chi connectivity index (χ2v) is 9.81. The van der Waals surface area contributed by atoms with Gasteiger partial charge in [-0.15, -0.1) is 0 Å². The number of rotatable bonds is 16. The van der Waals surface area contributed by atoms with E-state index in [-0.39, 0.29) is 11.5 Å². The lowest BCUT2D eigenvalue weighted by atomic mass is 9.66. The summed E-state index contributed by atoms with van der Waals surface area (Å²) in [6.07, 6.45) is 14.0. The van der Waals surface area contributed by atoms with Gasteiger partial charge in [0.05, 0.1) is 6.10 Å². The lowest BCUT2D eigenvalue weighted by Gasteiger charge is -2.36. The molecule has 0 saturated heterocycles. The highest BCUT2D eigenvalue weighted by Crippen LogP contribution is 2.43. The van der Waals surface area contributed by atoms with E-state index in [9.17, 15) is 5.11 Å². The Labute approximate surface area is 208 Å². The van der Waals surface area contributed by atoms with E-state index >= 15 is 0 Å². The summed E-state index contributed by atoms with van der Waals surface area (Å²) >= 11 is 0. The molecule has 0 radical (unpaired) electrons. The maximum absolute atomic E-state index is 10.1. The van der Waals surface area contributed by atoms with Gasteiger partial charge in [-0.05, 0) is 36.0 Å². The third kappa shape index (κ3) is 7.57. The molecule has 1 N–H and O–H groups in total. The molecule has 0 spiro atoms. The van der Waals surface area contributed by atoms with Gasteiger partial charge < -0.3 is 5.11 Å². The van der Waals surface area contributed by atoms with Gasteiger partial charge in [0, 0.05) is 5.41 Å². The fraction of sp³-hybridized carbons (Fsp3) is 0.455. The Hall–Kier alpha value is -2.38. The van der Waals surface area contributed by atoms with E-state index in [1.54, 1.807) is 0 Å². The molecule has 34 heavy (non-hydrogen) atoms. The van der Waals surface area contributed by atoms with Crippen molar-refractivity contribution in [2.24, 2.45) is 0 Å². The van der Waals surface area contributed by atoms with Crippen LogP contribution in [0.4, 0.5) is 0 Å². The molecule has 3 aromatic rings. The standard InChI is InChI=1S/C33H44O/c1-2-3-11-26-32(34)27-18-6-4-5-7-19-28-33(29-20-12-8-13-21-29,30-22-14-9-15-23-30)31-24-16-10-17-25-31/h8-10,12-17,20-25,32,34H,2-7,11,18-19,26-28H2,1H3. The van der Waals surface area contributed by atoms with Crippen molar-refractivity contribution in [3.63, 3.8) is 0 Å². The highest BCUT2D eigenvalue weighted by Gasteiger charge is 2.35. The van der Waals surface area contributed by atoms with Crippen LogP contribution in [-0.2, 0) is 5.41 Å². The molecule has 1 nitrogen and oxygen atoms in total. The summed E-state index contributed by atoms with van der Waals surface area (Å²) in [4.78, 5) is 0. The molecule has 0 heterocycles. The second-order valence-electron chi connectivity index (χ2n) is 9.81. The molecule has 0 saturated carbocycles. The Bertz CT molecular complexity index is 791. The summed E-state index contributed by atoms with van der Waals surface area (Å²) < 4.78 is 0. The van der Waals surface area contributed by atoms with Gasteiger partial charge in [0.1, 0.15) is 0 Å². The third-order valence-corrected chi connectivity index (χ3v) is 7.28. The average Bonchev–Trinajstić information content (AvgIpc) is 2.90. The van der Waals surface area contributed by atoms with Gasteiger partial charge in [0.2, 0.25) is 0 Å². The van der Waals surface area contributed by atoms with Crippen molar-refractivity contribution < 1.29 is 5.11 Å². The molecule has 0 aromatic heterocycles. The molecule has 0 aliphatic heterocycles. The van der Waals surface area contributed by atoms with Crippen LogP contribution in [0.15, 0.2) is 91.0 Å². The summed E-state index contributed by atoms with van der Waals surface area (Å²) in [6, 6.07) is 33.2. The van der Waals surface area contributed by atoms with Crippen LogP contribution < -0.4 is 0 Å². The van der Waals surface area contributed by atoms with Gasteiger partial charge in [-0.2, -0.15) is 0 Å². The van der Waals surface area contributed by atoms with Crippen LogP contribution in [0.1, 0.15) is 101 Å². The third-order valence-electron chi connectivity index (χ3n) is 7.28. The Morgan fingerprint density at radius 3 is 1.35 bits per heavy atom. The minimum atomic E-state index is -0.119. The first kappa shape index (κ1) is 26.2. The Morgan fingerprint density at radius 1 is 0.529 bits per heavy atom. The van der Waals surface area contributed by atoms with Crippen molar-refractivity contribution in [2.45, 2.75) is 95.5 Å². The minimum absolute atomic E-state index is 0.0882. The number of aliphatic hydroxyl groups excluding tert-OH is 1. The smallest absolute Gasteiger partial charge is 0.0540 e. The molecule has 1 atom stereocenters. The van der Waals surface area contributed by atoms with Crippen LogP contribution in [0.5, 0.6) is 0 Å².